The van der Waals surface area contributed by atoms with Crippen LogP contribution in [0, 0.1) is 0 Å². The molecule has 12 heteroatoms. The lowest BCUT2D eigenvalue weighted by molar-refractivity contribution is -0.140. The van der Waals surface area contributed by atoms with Gasteiger partial charge >= 0.3 is 0 Å². The second-order valence-electron chi connectivity index (χ2n) is 11.1. The van der Waals surface area contributed by atoms with Crippen molar-refractivity contribution in [3.63, 3.8) is 0 Å². The fourth-order valence-corrected chi connectivity index (χ4v) is 6.77. The number of hydrogen-bond donors (Lipinski definition) is 1. The Balaban J connectivity index is 1.82. The molecule has 4 rings (SSSR count). The minimum absolute atomic E-state index is 0.0283. The Bertz CT molecular complexity index is 1790. The average molecular weight is 708 g/mol. The number of sulfonamides is 1. The third kappa shape index (κ3) is 9.67. The molecular weight excluding hydrogens is 666 g/mol. The van der Waals surface area contributed by atoms with Gasteiger partial charge in [0.15, 0.2) is 11.5 Å². The van der Waals surface area contributed by atoms with E-state index in [-0.39, 0.29) is 35.2 Å². The zero-order valence-corrected chi connectivity index (χ0v) is 29.7. The number of nitrogens with zero attached hydrogens (tertiary/aromatic N) is 2. The number of benzene rings is 4. The van der Waals surface area contributed by atoms with Gasteiger partial charge in [0, 0.05) is 30.6 Å². The lowest BCUT2D eigenvalue weighted by Gasteiger charge is -2.34. The molecule has 0 aliphatic carbocycles. The van der Waals surface area contributed by atoms with E-state index in [1.165, 1.54) is 37.3 Å². The molecule has 0 aromatic heterocycles. The number of hydrogen-bond acceptors (Lipinski definition) is 7. The van der Waals surface area contributed by atoms with Gasteiger partial charge in [0.1, 0.15) is 18.3 Å². The van der Waals surface area contributed by atoms with E-state index in [0.717, 1.165) is 15.4 Å². The summed E-state index contributed by atoms with van der Waals surface area (Å²) in [5, 5.41) is 3.46. The van der Waals surface area contributed by atoms with Gasteiger partial charge in [0.05, 0.1) is 31.4 Å². The highest BCUT2D eigenvalue weighted by Gasteiger charge is 2.35. The Morgan fingerprint density at radius 1 is 0.837 bits per heavy atom. The molecule has 2 amide bonds. The van der Waals surface area contributed by atoms with Crippen LogP contribution >= 0.6 is 11.6 Å². The van der Waals surface area contributed by atoms with Gasteiger partial charge in [-0.2, -0.15) is 0 Å². The first-order valence-electron chi connectivity index (χ1n) is 15.9. The van der Waals surface area contributed by atoms with Crippen molar-refractivity contribution < 1.29 is 32.2 Å². The van der Waals surface area contributed by atoms with Gasteiger partial charge in [-0.3, -0.25) is 13.9 Å². The Labute approximate surface area is 293 Å². The molecule has 0 aliphatic heterocycles. The lowest BCUT2D eigenvalue weighted by atomic mass is 10.0. The van der Waals surface area contributed by atoms with Crippen molar-refractivity contribution in [3.8, 4) is 17.2 Å². The molecule has 4 aromatic rings. The van der Waals surface area contributed by atoms with Gasteiger partial charge in [-0.15, -0.1) is 0 Å². The Kier molecular flexibility index (Phi) is 13.3. The number of rotatable bonds is 17. The molecule has 0 spiro atoms. The second kappa shape index (κ2) is 17.6. The standard InChI is InChI=1S/C37H42ClN3O7S/c1-5-22-39-37(43)33(23-27-10-8-7-9-11-27)40(25-28-12-14-29(38)15-13-28)36(42)26-41(30-16-18-31(19-17-30)48-6-2)49(44,45)32-20-21-34(46-3)35(24-32)47-4/h7-21,24,33H,5-6,22-23,25-26H2,1-4H3,(H,39,43)/t33-/m1/s1. The Morgan fingerprint density at radius 2 is 1.51 bits per heavy atom. The van der Waals surface area contributed by atoms with Crippen LogP contribution in [0.2, 0.25) is 5.02 Å². The summed E-state index contributed by atoms with van der Waals surface area (Å²) in [5.41, 5.74) is 1.79. The topological polar surface area (TPSA) is 114 Å². The highest BCUT2D eigenvalue weighted by molar-refractivity contribution is 7.92. The van der Waals surface area contributed by atoms with E-state index >= 15 is 0 Å². The molecule has 0 bridgehead atoms. The summed E-state index contributed by atoms with van der Waals surface area (Å²) in [4.78, 5) is 29.8. The molecule has 4 aromatic carbocycles. The van der Waals surface area contributed by atoms with Crippen LogP contribution in [0.5, 0.6) is 17.2 Å². The summed E-state index contributed by atoms with van der Waals surface area (Å²) in [7, 11) is -1.51. The van der Waals surface area contributed by atoms with Crippen LogP contribution in [-0.4, -0.2) is 65.1 Å². The zero-order chi connectivity index (χ0) is 35.4. The molecule has 0 fully saturated rings. The first-order chi connectivity index (χ1) is 23.6. The van der Waals surface area contributed by atoms with Crippen molar-refractivity contribution in [3.05, 3.63) is 113 Å². The smallest absolute Gasteiger partial charge is 0.264 e. The number of anilines is 1. The number of halogens is 1. The summed E-state index contributed by atoms with van der Waals surface area (Å²) >= 11 is 6.16. The summed E-state index contributed by atoms with van der Waals surface area (Å²) in [6.45, 7) is 4.05. The van der Waals surface area contributed by atoms with E-state index in [1.54, 1.807) is 48.5 Å². The third-order valence-electron chi connectivity index (χ3n) is 7.74. The van der Waals surface area contributed by atoms with Crippen LogP contribution in [0.1, 0.15) is 31.4 Å². The van der Waals surface area contributed by atoms with E-state index < -0.39 is 28.5 Å². The van der Waals surface area contributed by atoms with Gasteiger partial charge in [-0.05, 0) is 73.0 Å². The largest absolute Gasteiger partial charge is 0.494 e. The monoisotopic (exact) mass is 707 g/mol. The maximum absolute atomic E-state index is 14.6. The molecule has 0 heterocycles. The molecule has 0 saturated heterocycles. The first-order valence-corrected chi connectivity index (χ1v) is 17.8. The molecule has 0 unspecified atom stereocenters. The number of carbonyl (C=O) groups is 2. The predicted molar refractivity (Wildman–Crippen MR) is 191 cm³/mol. The SMILES string of the molecule is CCCNC(=O)[C@@H](Cc1ccccc1)N(Cc1ccc(Cl)cc1)C(=O)CN(c1ccc(OCC)cc1)S(=O)(=O)c1ccc(OC)c(OC)c1. The predicted octanol–water partition coefficient (Wildman–Crippen LogP) is 6.12. The molecule has 10 nitrogen and oxygen atoms in total. The first kappa shape index (κ1) is 37.1. The number of carbonyl (C=O) groups excluding carboxylic acids is 2. The second-order valence-corrected chi connectivity index (χ2v) is 13.4. The molecule has 0 aliphatic rings. The van der Waals surface area contributed by atoms with E-state index in [1.807, 2.05) is 44.2 Å². The van der Waals surface area contributed by atoms with Crippen LogP contribution < -0.4 is 23.8 Å². The molecule has 260 valence electrons. The highest BCUT2D eigenvalue weighted by atomic mass is 35.5. The van der Waals surface area contributed by atoms with Crippen molar-refractivity contribution in [1.82, 2.24) is 10.2 Å². The molecule has 0 saturated carbocycles. The minimum atomic E-state index is -4.37. The van der Waals surface area contributed by atoms with Crippen LogP contribution in [0.4, 0.5) is 5.69 Å². The minimum Gasteiger partial charge on any atom is -0.494 e. The van der Waals surface area contributed by atoms with Gasteiger partial charge in [-0.25, -0.2) is 8.42 Å². The molecule has 0 radical (unpaired) electrons. The maximum atomic E-state index is 14.6. The van der Waals surface area contributed by atoms with Crippen LogP contribution in [0.25, 0.3) is 0 Å². The molecule has 1 atom stereocenters. The zero-order valence-electron chi connectivity index (χ0n) is 28.1. The van der Waals surface area contributed by atoms with Crippen LogP contribution in [0.3, 0.4) is 0 Å². The van der Waals surface area contributed by atoms with Crippen molar-refractivity contribution in [1.29, 1.82) is 0 Å². The fraction of sp³-hybridized carbons (Fsp3) is 0.297. The van der Waals surface area contributed by atoms with E-state index in [0.29, 0.717) is 36.1 Å². The van der Waals surface area contributed by atoms with Gasteiger partial charge < -0.3 is 24.4 Å². The number of methoxy groups -OCH3 is 2. The summed E-state index contributed by atoms with van der Waals surface area (Å²) in [6, 6.07) is 26.1. The quantitative estimate of drug-likeness (QED) is 0.141. The van der Waals surface area contributed by atoms with Crippen molar-refractivity contribution in [2.24, 2.45) is 0 Å². The molecule has 49 heavy (non-hydrogen) atoms. The average Bonchev–Trinajstić information content (AvgIpc) is 3.12. The lowest BCUT2D eigenvalue weighted by Crippen LogP contribution is -2.53. The normalized spacial score (nSPS) is 11.7. The van der Waals surface area contributed by atoms with E-state index in [9.17, 15) is 18.0 Å². The summed E-state index contributed by atoms with van der Waals surface area (Å²) < 4.78 is 46.2. The van der Waals surface area contributed by atoms with Gasteiger partial charge in [0.2, 0.25) is 11.8 Å². The van der Waals surface area contributed by atoms with Gasteiger partial charge in [-0.1, -0.05) is 61.0 Å². The third-order valence-corrected chi connectivity index (χ3v) is 9.77. The number of amides is 2. The van der Waals surface area contributed by atoms with E-state index in [2.05, 4.69) is 5.32 Å². The maximum Gasteiger partial charge on any atom is 0.264 e. The Hall–Kier alpha value is -4.74. The molecule has 1 N–H and O–H groups in total. The van der Waals surface area contributed by atoms with Crippen LogP contribution in [0.15, 0.2) is 102 Å². The Morgan fingerprint density at radius 3 is 2.12 bits per heavy atom. The highest BCUT2D eigenvalue weighted by Crippen LogP contribution is 2.33. The van der Waals surface area contributed by atoms with Crippen LogP contribution in [-0.2, 0) is 32.6 Å². The van der Waals surface area contributed by atoms with Crippen molar-refractivity contribution in [2.75, 3.05) is 38.2 Å². The fourth-order valence-electron chi connectivity index (χ4n) is 5.21. The van der Waals surface area contributed by atoms with E-state index in [4.69, 9.17) is 25.8 Å². The summed E-state index contributed by atoms with van der Waals surface area (Å²) in [5.74, 6) is 0.173. The summed E-state index contributed by atoms with van der Waals surface area (Å²) in [6.07, 6.45) is 0.908. The number of nitrogens with one attached hydrogen (secondary N) is 1. The van der Waals surface area contributed by atoms with Gasteiger partial charge in [0.25, 0.3) is 10.0 Å². The van der Waals surface area contributed by atoms with Crippen molar-refractivity contribution in [2.45, 2.75) is 44.2 Å². The molecular formula is C37H42ClN3O7S. The number of ether oxygens (including phenoxy) is 3. The van der Waals surface area contributed by atoms with Crippen molar-refractivity contribution >= 4 is 39.1 Å².